The van der Waals surface area contributed by atoms with E-state index >= 15 is 0 Å². The van der Waals surface area contributed by atoms with Crippen LogP contribution >= 0.6 is 0 Å². The van der Waals surface area contributed by atoms with E-state index in [-0.39, 0.29) is 4.90 Å². The summed E-state index contributed by atoms with van der Waals surface area (Å²) >= 11 is 0. The lowest BCUT2D eigenvalue weighted by Crippen LogP contribution is -2.12. The summed E-state index contributed by atoms with van der Waals surface area (Å²) < 4.78 is 28.5. The summed E-state index contributed by atoms with van der Waals surface area (Å²) in [6, 6.07) is 6.94. The van der Waals surface area contributed by atoms with Gasteiger partial charge in [0.2, 0.25) is 0 Å². The Morgan fingerprint density at radius 2 is 2.19 bits per heavy atom. The minimum atomic E-state index is -3.65. The summed E-state index contributed by atoms with van der Waals surface area (Å²) in [5.74, 6) is 0.652. The molecule has 0 radical (unpaired) electrons. The van der Waals surface area contributed by atoms with Crippen molar-refractivity contribution in [1.82, 2.24) is 25.0 Å². The normalized spacial score (nSPS) is 11.5. The monoisotopic (exact) mass is 304 g/mol. The maximum absolute atomic E-state index is 12.1. The van der Waals surface area contributed by atoms with Gasteiger partial charge in [0, 0.05) is 24.5 Å². The van der Waals surface area contributed by atoms with Crippen LogP contribution in [0.2, 0.25) is 0 Å². The standard InChI is InChI=1S/C12H12N6O2S/c1-18-8-15-16-12(18)9-3-2-4-10(5-9)17-21(19,20)11-6-13-14-7-11/h2-8,17H,1H3,(H,13,14). The number of hydrogen-bond acceptors (Lipinski definition) is 5. The van der Waals surface area contributed by atoms with Crippen molar-refractivity contribution in [3.05, 3.63) is 43.0 Å². The third-order valence-electron chi connectivity index (χ3n) is 2.87. The number of nitrogens with one attached hydrogen (secondary N) is 2. The van der Waals surface area contributed by atoms with E-state index in [0.29, 0.717) is 11.5 Å². The summed E-state index contributed by atoms with van der Waals surface area (Å²) in [7, 11) is -1.84. The number of hydrogen-bond donors (Lipinski definition) is 2. The number of benzene rings is 1. The van der Waals surface area contributed by atoms with Gasteiger partial charge in [0.1, 0.15) is 11.2 Å². The fourth-order valence-electron chi connectivity index (χ4n) is 1.87. The number of aromatic nitrogens is 5. The lowest BCUT2D eigenvalue weighted by atomic mass is 10.2. The van der Waals surface area contributed by atoms with Crippen LogP contribution in [-0.4, -0.2) is 33.4 Å². The van der Waals surface area contributed by atoms with Gasteiger partial charge in [-0.25, -0.2) is 8.42 Å². The molecule has 0 bridgehead atoms. The number of aromatic amines is 1. The van der Waals surface area contributed by atoms with Gasteiger partial charge in [0.15, 0.2) is 5.82 Å². The maximum Gasteiger partial charge on any atom is 0.265 e. The van der Waals surface area contributed by atoms with Crippen LogP contribution in [0.4, 0.5) is 5.69 Å². The van der Waals surface area contributed by atoms with Gasteiger partial charge >= 0.3 is 0 Å². The molecule has 21 heavy (non-hydrogen) atoms. The smallest absolute Gasteiger partial charge is 0.265 e. The zero-order valence-electron chi connectivity index (χ0n) is 11.1. The second kappa shape index (κ2) is 5.02. The molecule has 8 nitrogen and oxygen atoms in total. The Labute approximate surface area is 120 Å². The quantitative estimate of drug-likeness (QED) is 0.748. The van der Waals surface area contributed by atoms with Crippen LogP contribution in [0.1, 0.15) is 0 Å². The van der Waals surface area contributed by atoms with Gasteiger partial charge in [0.05, 0.1) is 6.20 Å². The molecule has 108 valence electrons. The molecule has 0 atom stereocenters. The Kier molecular flexibility index (Phi) is 3.18. The van der Waals surface area contributed by atoms with Crippen molar-refractivity contribution in [3.8, 4) is 11.4 Å². The lowest BCUT2D eigenvalue weighted by molar-refractivity contribution is 0.601. The molecular weight excluding hydrogens is 292 g/mol. The fraction of sp³-hybridized carbons (Fsp3) is 0.0833. The first-order valence-electron chi connectivity index (χ1n) is 6.02. The van der Waals surface area contributed by atoms with Crippen molar-refractivity contribution in [2.24, 2.45) is 7.05 Å². The molecule has 2 heterocycles. The molecule has 0 aliphatic carbocycles. The topological polar surface area (TPSA) is 106 Å². The van der Waals surface area contributed by atoms with Crippen molar-refractivity contribution in [1.29, 1.82) is 0 Å². The van der Waals surface area contributed by atoms with Crippen molar-refractivity contribution in [3.63, 3.8) is 0 Å². The second-order valence-electron chi connectivity index (χ2n) is 4.39. The highest BCUT2D eigenvalue weighted by Crippen LogP contribution is 2.22. The van der Waals surface area contributed by atoms with Crippen LogP contribution in [0.25, 0.3) is 11.4 Å². The molecule has 0 fully saturated rings. The summed E-state index contributed by atoms with van der Waals surface area (Å²) in [6.45, 7) is 0. The van der Waals surface area contributed by atoms with Crippen LogP contribution < -0.4 is 4.72 Å². The fourth-order valence-corrected chi connectivity index (χ4v) is 2.82. The number of nitrogens with zero attached hydrogens (tertiary/aromatic N) is 4. The van der Waals surface area contributed by atoms with Crippen LogP contribution in [-0.2, 0) is 17.1 Å². The predicted molar refractivity (Wildman–Crippen MR) is 75.8 cm³/mol. The summed E-state index contributed by atoms with van der Waals surface area (Å²) in [5, 5.41) is 13.9. The van der Waals surface area contributed by atoms with Gasteiger partial charge in [-0.1, -0.05) is 12.1 Å². The third kappa shape index (κ3) is 2.63. The molecule has 3 aromatic rings. The Morgan fingerprint density at radius 3 is 2.86 bits per heavy atom. The highest BCUT2D eigenvalue weighted by atomic mass is 32.2. The first kappa shape index (κ1) is 13.3. The molecule has 0 aliphatic rings. The molecule has 2 N–H and O–H groups in total. The van der Waals surface area contributed by atoms with Crippen molar-refractivity contribution < 1.29 is 8.42 Å². The van der Waals surface area contributed by atoms with E-state index in [2.05, 4.69) is 25.1 Å². The summed E-state index contributed by atoms with van der Waals surface area (Å²) in [5.41, 5.74) is 1.21. The van der Waals surface area contributed by atoms with E-state index in [0.717, 1.165) is 5.56 Å². The van der Waals surface area contributed by atoms with Crippen molar-refractivity contribution >= 4 is 15.7 Å². The van der Waals surface area contributed by atoms with Crippen LogP contribution in [0.3, 0.4) is 0 Å². The number of rotatable bonds is 4. The van der Waals surface area contributed by atoms with E-state index in [1.807, 2.05) is 13.1 Å². The van der Waals surface area contributed by atoms with E-state index in [1.54, 1.807) is 29.1 Å². The number of H-pyrrole nitrogens is 1. The van der Waals surface area contributed by atoms with Gasteiger partial charge < -0.3 is 4.57 Å². The predicted octanol–water partition coefficient (Wildman–Crippen LogP) is 1.01. The molecule has 9 heteroatoms. The number of anilines is 1. The lowest BCUT2D eigenvalue weighted by Gasteiger charge is -2.07. The van der Waals surface area contributed by atoms with Gasteiger partial charge in [-0.3, -0.25) is 9.82 Å². The molecular formula is C12H12N6O2S. The average molecular weight is 304 g/mol. The largest absolute Gasteiger partial charge is 0.317 e. The molecule has 3 rings (SSSR count). The second-order valence-corrected chi connectivity index (χ2v) is 6.07. The average Bonchev–Trinajstić information content (AvgIpc) is 3.09. The zero-order valence-corrected chi connectivity index (χ0v) is 11.9. The Balaban J connectivity index is 1.93. The minimum absolute atomic E-state index is 0.0755. The molecule has 0 unspecified atom stereocenters. The third-order valence-corrected chi connectivity index (χ3v) is 4.22. The first-order valence-corrected chi connectivity index (χ1v) is 7.50. The molecule has 1 aromatic carbocycles. The van der Waals surface area contributed by atoms with Crippen LogP contribution in [0, 0.1) is 0 Å². The van der Waals surface area contributed by atoms with E-state index in [1.165, 1.54) is 12.4 Å². The number of sulfonamides is 1. The summed E-state index contributed by atoms with van der Waals surface area (Å²) in [4.78, 5) is 0.0755. The molecule has 0 aliphatic heterocycles. The van der Waals surface area contributed by atoms with Crippen LogP contribution in [0.15, 0.2) is 47.9 Å². The van der Waals surface area contributed by atoms with Crippen LogP contribution in [0.5, 0.6) is 0 Å². The van der Waals surface area contributed by atoms with Gasteiger partial charge in [-0.2, -0.15) is 5.10 Å². The minimum Gasteiger partial charge on any atom is -0.317 e. The molecule has 0 saturated heterocycles. The molecule has 0 saturated carbocycles. The van der Waals surface area contributed by atoms with E-state index < -0.39 is 10.0 Å². The molecule has 0 amide bonds. The van der Waals surface area contributed by atoms with E-state index in [9.17, 15) is 8.42 Å². The maximum atomic E-state index is 12.1. The van der Waals surface area contributed by atoms with Crippen molar-refractivity contribution in [2.45, 2.75) is 4.90 Å². The Morgan fingerprint density at radius 1 is 1.33 bits per heavy atom. The van der Waals surface area contributed by atoms with E-state index in [4.69, 9.17) is 0 Å². The molecule has 2 aromatic heterocycles. The first-order chi connectivity index (χ1) is 10.1. The number of aryl methyl sites for hydroxylation is 1. The van der Waals surface area contributed by atoms with Gasteiger partial charge in [-0.05, 0) is 12.1 Å². The summed E-state index contributed by atoms with van der Waals surface area (Å²) in [6.07, 6.45) is 4.14. The zero-order chi connectivity index (χ0) is 14.9. The Bertz CT molecular complexity index is 854. The SMILES string of the molecule is Cn1cnnc1-c1cccc(NS(=O)(=O)c2cn[nH]c2)c1. The highest BCUT2D eigenvalue weighted by molar-refractivity contribution is 7.92. The van der Waals surface area contributed by atoms with Gasteiger partial charge in [0.25, 0.3) is 10.0 Å². The Hall–Kier alpha value is -2.68. The van der Waals surface area contributed by atoms with Crippen molar-refractivity contribution in [2.75, 3.05) is 4.72 Å². The molecule has 0 spiro atoms. The highest BCUT2D eigenvalue weighted by Gasteiger charge is 2.15. The van der Waals surface area contributed by atoms with Gasteiger partial charge in [-0.15, -0.1) is 10.2 Å².